The van der Waals surface area contributed by atoms with Gasteiger partial charge in [-0.05, 0) is 36.3 Å². The van der Waals surface area contributed by atoms with Gasteiger partial charge in [-0.2, -0.15) is 0 Å². The average Bonchev–Trinajstić information content (AvgIpc) is 2.89. The van der Waals surface area contributed by atoms with E-state index >= 15 is 0 Å². The number of rotatable bonds is 2. The van der Waals surface area contributed by atoms with E-state index in [2.05, 4.69) is 17.5 Å². The topological polar surface area (TPSA) is 20.2 Å². The Hall–Kier alpha value is -0.380. The second-order valence-corrected chi connectivity index (χ2v) is 6.70. The molecule has 2 heterocycles. The first kappa shape index (κ1) is 10.8. The Morgan fingerprint density at radius 3 is 2.75 bits per heavy atom. The number of hydrogen-bond acceptors (Lipinski definition) is 3. The second kappa shape index (κ2) is 4.47. The SMILES string of the molecule is OC(c1cc2sccc2s1)C1CCCCC1. The molecule has 0 bridgehead atoms. The molecule has 0 amide bonds. The predicted molar refractivity (Wildman–Crippen MR) is 71.2 cm³/mol. The highest BCUT2D eigenvalue weighted by Gasteiger charge is 2.24. The highest BCUT2D eigenvalue weighted by molar-refractivity contribution is 7.26. The number of aliphatic hydroxyl groups excluding tert-OH is 1. The summed E-state index contributed by atoms with van der Waals surface area (Å²) in [4.78, 5) is 1.17. The Labute approximate surface area is 104 Å². The van der Waals surface area contributed by atoms with Crippen LogP contribution in [0.4, 0.5) is 0 Å². The van der Waals surface area contributed by atoms with Crippen molar-refractivity contribution in [2.75, 3.05) is 0 Å². The summed E-state index contributed by atoms with van der Waals surface area (Å²) >= 11 is 3.54. The molecule has 1 unspecified atom stereocenters. The van der Waals surface area contributed by atoms with Crippen molar-refractivity contribution >= 4 is 32.1 Å². The Balaban J connectivity index is 1.83. The fourth-order valence-corrected chi connectivity index (χ4v) is 4.81. The van der Waals surface area contributed by atoms with Crippen LogP contribution in [0.1, 0.15) is 43.1 Å². The summed E-state index contributed by atoms with van der Waals surface area (Å²) in [6.45, 7) is 0. The minimum Gasteiger partial charge on any atom is -0.387 e. The lowest BCUT2D eigenvalue weighted by molar-refractivity contribution is 0.0880. The molecule has 0 aromatic carbocycles. The van der Waals surface area contributed by atoms with Crippen LogP contribution in [0.2, 0.25) is 0 Å². The minimum atomic E-state index is -0.218. The molecule has 1 saturated carbocycles. The fraction of sp³-hybridized carbons (Fsp3) is 0.538. The van der Waals surface area contributed by atoms with Gasteiger partial charge in [0, 0.05) is 14.3 Å². The van der Waals surface area contributed by atoms with E-state index < -0.39 is 0 Å². The van der Waals surface area contributed by atoms with Crippen molar-refractivity contribution in [3.63, 3.8) is 0 Å². The van der Waals surface area contributed by atoms with Gasteiger partial charge in [0.05, 0.1) is 6.10 Å². The van der Waals surface area contributed by atoms with Gasteiger partial charge >= 0.3 is 0 Å². The van der Waals surface area contributed by atoms with Crippen molar-refractivity contribution in [3.8, 4) is 0 Å². The van der Waals surface area contributed by atoms with Gasteiger partial charge in [0.15, 0.2) is 0 Å². The first-order valence-electron chi connectivity index (χ1n) is 5.99. The quantitative estimate of drug-likeness (QED) is 0.829. The summed E-state index contributed by atoms with van der Waals surface area (Å²) in [6, 6.07) is 4.34. The van der Waals surface area contributed by atoms with Gasteiger partial charge in [-0.1, -0.05) is 19.3 Å². The summed E-state index contributed by atoms with van der Waals surface area (Å²) < 4.78 is 2.66. The Morgan fingerprint density at radius 1 is 1.19 bits per heavy atom. The first-order chi connectivity index (χ1) is 7.84. The van der Waals surface area contributed by atoms with E-state index in [-0.39, 0.29) is 6.10 Å². The molecule has 0 radical (unpaired) electrons. The van der Waals surface area contributed by atoms with Crippen molar-refractivity contribution in [2.24, 2.45) is 5.92 Å². The molecule has 0 aliphatic heterocycles. The van der Waals surface area contributed by atoms with E-state index in [1.807, 2.05) is 0 Å². The maximum absolute atomic E-state index is 10.4. The van der Waals surface area contributed by atoms with E-state index in [0.717, 1.165) is 0 Å². The molecule has 1 aliphatic rings. The smallest absolute Gasteiger partial charge is 0.0910 e. The van der Waals surface area contributed by atoms with Crippen molar-refractivity contribution in [3.05, 3.63) is 22.4 Å². The van der Waals surface area contributed by atoms with Crippen LogP contribution in [-0.4, -0.2) is 5.11 Å². The normalized spacial score (nSPS) is 20.3. The molecule has 86 valence electrons. The molecule has 16 heavy (non-hydrogen) atoms. The van der Waals surface area contributed by atoms with Gasteiger partial charge in [-0.25, -0.2) is 0 Å². The van der Waals surface area contributed by atoms with Gasteiger partial charge in [-0.15, -0.1) is 22.7 Å². The summed E-state index contributed by atoms with van der Waals surface area (Å²) in [6.07, 6.45) is 6.12. The molecule has 2 aromatic heterocycles. The van der Waals surface area contributed by atoms with Crippen LogP contribution in [0.5, 0.6) is 0 Å². The molecule has 1 atom stereocenters. The van der Waals surface area contributed by atoms with Crippen LogP contribution in [0.3, 0.4) is 0 Å². The molecule has 1 fully saturated rings. The zero-order valence-corrected chi connectivity index (χ0v) is 10.8. The number of thiophene rings is 2. The molecular weight excluding hydrogens is 236 g/mol. The van der Waals surface area contributed by atoms with Crippen molar-refractivity contribution in [1.29, 1.82) is 0 Å². The summed E-state index contributed by atoms with van der Waals surface area (Å²) in [5, 5.41) is 12.5. The van der Waals surface area contributed by atoms with Crippen LogP contribution in [0.15, 0.2) is 17.5 Å². The standard InChI is InChI=1S/C13H16OS2/c14-13(9-4-2-1-3-5-9)12-8-11-10(16-12)6-7-15-11/h6-9,13-14H,1-5H2. The van der Waals surface area contributed by atoms with Crippen molar-refractivity contribution in [2.45, 2.75) is 38.2 Å². The van der Waals surface area contributed by atoms with E-state index in [0.29, 0.717) is 5.92 Å². The zero-order valence-electron chi connectivity index (χ0n) is 9.19. The molecule has 2 aromatic rings. The van der Waals surface area contributed by atoms with E-state index in [1.54, 1.807) is 22.7 Å². The van der Waals surface area contributed by atoms with Crippen molar-refractivity contribution in [1.82, 2.24) is 0 Å². The fourth-order valence-electron chi connectivity index (χ4n) is 2.61. The lowest BCUT2D eigenvalue weighted by Crippen LogP contribution is -2.14. The summed E-state index contributed by atoms with van der Waals surface area (Å²) in [5.41, 5.74) is 0. The molecular formula is C13H16OS2. The Bertz CT molecular complexity index is 436. The lowest BCUT2D eigenvalue weighted by Gasteiger charge is -2.25. The van der Waals surface area contributed by atoms with Gasteiger partial charge in [0.25, 0.3) is 0 Å². The van der Waals surface area contributed by atoms with Crippen LogP contribution < -0.4 is 0 Å². The third-order valence-corrected chi connectivity index (χ3v) is 5.71. The average molecular weight is 252 g/mol. The van der Waals surface area contributed by atoms with E-state index in [4.69, 9.17) is 0 Å². The third kappa shape index (κ3) is 1.92. The molecule has 3 rings (SSSR count). The lowest BCUT2D eigenvalue weighted by atomic mass is 9.85. The second-order valence-electron chi connectivity index (χ2n) is 4.64. The highest BCUT2D eigenvalue weighted by atomic mass is 32.1. The van der Waals surface area contributed by atoms with Gasteiger partial charge < -0.3 is 5.11 Å². The highest BCUT2D eigenvalue weighted by Crippen LogP contribution is 2.40. The molecule has 3 heteroatoms. The number of hydrogen-bond donors (Lipinski definition) is 1. The predicted octanol–water partition coefficient (Wildman–Crippen LogP) is 4.58. The zero-order chi connectivity index (χ0) is 11.0. The molecule has 1 N–H and O–H groups in total. The first-order valence-corrected chi connectivity index (χ1v) is 7.69. The van der Waals surface area contributed by atoms with Gasteiger partial charge in [0.2, 0.25) is 0 Å². The van der Waals surface area contributed by atoms with E-state index in [1.165, 1.54) is 46.4 Å². The molecule has 0 spiro atoms. The van der Waals surface area contributed by atoms with Gasteiger partial charge in [0.1, 0.15) is 0 Å². The number of fused-ring (bicyclic) bond motifs is 1. The summed E-state index contributed by atoms with van der Waals surface area (Å²) in [7, 11) is 0. The van der Waals surface area contributed by atoms with Crippen LogP contribution >= 0.6 is 22.7 Å². The van der Waals surface area contributed by atoms with Crippen LogP contribution in [-0.2, 0) is 0 Å². The van der Waals surface area contributed by atoms with Crippen molar-refractivity contribution < 1.29 is 5.11 Å². The summed E-state index contributed by atoms with van der Waals surface area (Å²) in [5.74, 6) is 0.501. The maximum Gasteiger partial charge on any atom is 0.0910 e. The largest absolute Gasteiger partial charge is 0.387 e. The van der Waals surface area contributed by atoms with Crippen LogP contribution in [0.25, 0.3) is 9.40 Å². The monoisotopic (exact) mass is 252 g/mol. The Kier molecular flexibility index (Phi) is 3.01. The van der Waals surface area contributed by atoms with E-state index in [9.17, 15) is 5.11 Å². The molecule has 0 saturated heterocycles. The third-order valence-electron chi connectivity index (χ3n) is 3.55. The molecule has 1 aliphatic carbocycles. The van der Waals surface area contributed by atoms with Crippen LogP contribution in [0, 0.1) is 5.92 Å². The maximum atomic E-state index is 10.4. The Morgan fingerprint density at radius 2 is 2.00 bits per heavy atom. The van der Waals surface area contributed by atoms with Gasteiger partial charge in [-0.3, -0.25) is 0 Å². The number of aliphatic hydroxyl groups is 1. The molecule has 1 nitrogen and oxygen atoms in total. The minimum absolute atomic E-state index is 0.218.